The second-order valence-electron chi connectivity index (χ2n) is 6.19. The topological polar surface area (TPSA) is 52.1 Å². The number of Topliss-reactive ketones (excluding diaryl/α,β-unsaturated/α-hetero) is 1. The summed E-state index contributed by atoms with van der Waals surface area (Å²) in [4.78, 5) is 20.3. The lowest BCUT2D eigenvalue weighted by Gasteiger charge is -2.08. The first-order valence-electron chi connectivity index (χ1n) is 8.75. The number of hydrogen-bond donors (Lipinski definition) is 0. The van der Waals surface area contributed by atoms with Gasteiger partial charge in [0, 0.05) is 37.0 Å². The maximum absolute atomic E-state index is 12.1. The van der Waals surface area contributed by atoms with Crippen molar-refractivity contribution in [2.24, 2.45) is 0 Å². The van der Waals surface area contributed by atoms with Crippen LogP contribution in [0.2, 0.25) is 0 Å². The Morgan fingerprint density at radius 2 is 1.81 bits per heavy atom. The number of benzene rings is 1. The normalized spacial score (nSPS) is 10.5. The minimum atomic E-state index is 0.259. The van der Waals surface area contributed by atoms with Crippen LogP contribution < -0.4 is 4.74 Å². The molecule has 1 aromatic carbocycles. The lowest BCUT2D eigenvalue weighted by molar-refractivity contribution is -0.118. The number of rotatable bonds is 8. The highest BCUT2D eigenvalue weighted by Crippen LogP contribution is 2.27. The zero-order valence-electron chi connectivity index (χ0n) is 14.9. The van der Waals surface area contributed by atoms with Gasteiger partial charge in [-0.15, -0.1) is 0 Å². The van der Waals surface area contributed by atoms with Crippen LogP contribution in [0.4, 0.5) is 0 Å². The summed E-state index contributed by atoms with van der Waals surface area (Å²) in [6.45, 7) is 0. The average Bonchev–Trinajstić information content (AvgIpc) is 2.69. The molecule has 3 rings (SSSR count). The molecule has 0 N–H and O–H groups in total. The van der Waals surface area contributed by atoms with Crippen LogP contribution in [0.5, 0.6) is 5.88 Å². The van der Waals surface area contributed by atoms with Crippen molar-refractivity contribution in [1.29, 1.82) is 0 Å². The maximum Gasteiger partial charge on any atom is 0.221 e. The zero-order valence-corrected chi connectivity index (χ0v) is 14.9. The highest BCUT2D eigenvalue weighted by Gasteiger charge is 2.07. The van der Waals surface area contributed by atoms with Gasteiger partial charge in [0.1, 0.15) is 5.78 Å². The number of ketones is 1. The van der Waals surface area contributed by atoms with Crippen LogP contribution >= 0.6 is 0 Å². The van der Waals surface area contributed by atoms with Crippen molar-refractivity contribution >= 4 is 5.78 Å². The molecule has 0 atom stereocenters. The first-order chi connectivity index (χ1) is 12.8. The van der Waals surface area contributed by atoms with Gasteiger partial charge < -0.3 is 4.74 Å². The van der Waals surface area contributed by atoms with Gasteiger partial charge in [0.15, 0.2) is 0 Å². The standard InChI is InChI=1S/C22H22N2O2/c1-26-22-21(8-4-14-24-22)19-11-9-17(10-12-19)5-2-7-20(25)15-18-6-3-13-23-16-18/h3-4,6,8-14,16H,2,5,7,15H2,1H3. The van der Waals surface area contributed by atoms with Gasteiger partial charge in [0.2, 0.25) is 5.88 Å². The fourth-order valence-corrected chi connectivity index (χ4v) is 2.93. The van der Waals surface area contributed by atoms with E-state index in [2.05, 4.69) is 34.2 Å². The first-order valence-corrected chi connectivity index (χ1v) is 8.75. The van der Waals surface area contributed by atoms with E-state index in [4.69, 9.17) is 4.74 Å². The summed E-state index contributed by atoms with van der Waals surface area (Å²) in [5, 5.41) is 0. The molecular formula is C22H22N2O2. The summed E-state index contributed by atoms with van der Waals surface area (Å²) < 4.78 is 5.32. The van der Waals surface area contributed by atoms with Crippen LogP contribution in [-0.2, 0) is 17.6 Å². The lowest BCUT2D eigenvalue weighted by atomic mass is 10.0. The Kier molecular flexibility index (Phi) is 6.09. The van der Waals surface area contributed by atoms with Crippen LogP contribution in [0.1, 0.15) is 24.0 Å². The summed E-state index contributed by atoms with van der Waals surface area (Å²) in [6.07, 6.45) is 8.00. The van der Waals surface area contributed by atoms with Gasteiger partial charge in [-0.1, -0.05) is 30.3 Å². The predicted molar refractivity (Wildman–Crippen MR) is 102 cm³/mol. The van der Waals surface area contributed by atoms with Gasteiger partial charge in [-0.05, 0) is 47.7 Å². The summed E-state index contributed by atoms with van der Waals surface area (Å²) in [5.41, 5.74) is 4.26. The van der Waals surface area contributed by atoms with Crippen molar-refractivity contribution in [1.82, 2.24) is 9.97 Å². The minimum absolute atomic E-state index is 0.259. The Labute approximate surface area is 153 Å². The molecule has 132 valence electrons. The molecule has 0 radical (unpaired) electrons. The van der Waals surface area contributed by atoms with Crippen molar-refractivity contribution in [2.75, 3.05) is 7.11 Å². The van der Waals surface area contributed by atoms with E-state index in [0.717, 1.165) is 29.5 Å². The van der Waals surface area contributed by atoms with E-state index in [0.29, 0.717) is 18.7 Å². The second-order valence-corrected chi connectivity index (χ2v) is 6.19. The molecule has 2 heterocycles. The molecule has 3 aromatic rings. The Bertz CT molecular complexity index is 846. The number of pyridine rings is 2. The maximum atomic E-state index is 12.1. The second kappa shape index (κ2) is 8.90. The van der Waals surface area contributed by atoms with E-state index >= 15 is 0 Å². The van der Waals surface area contributed by atoms with E-state index in [1.165, 1.54) is 5.56 Å². The molecule has 0 spiro atoms. The molecule has 0 amide bonds. The number of methoxy groups -OCH3 is 1. The summed E-state index contributed by atoms with van der Waals surface area (Å²) >= 11 is 0. The number of carbonyl (C=O) groups is 1. The molecule has 0 saturated heterocycles. The van der Waals surface area contributed by atoms with Gasteiger partial charge in [-0.3, -0.25) is 9.78 Å². The average molecular weight is 346 g/mol. The van der Waals surface area contributed by atoms with E-state index in [-0.39, 0.29) is 5.78 Å². The number of hydrogen-bond acceptors (Lipinski definition) is 4. The minimum Gasteiger partial charge on any atom is -0.481 e. The van der Waals surface area contributed by atoms with Crippen molar-refractivity contribution in [3.63, 3.8) is 0 Å². The van der Waals surface area contributed by atoms with Gasteiger partial charge in [0.25, 0.3) is 0 Å². The number of aryl methyl sites for hydroxylation is 1. The highest BCUT2D eigenvalue weighted by atomic mass is 16.5. The fourth-order valence-electron chi connectivity index (χ4n) is 2.93. The first kappa shape index (κ1) is 17.8. The van der Waals surface area contributed by atoms with Gasteiger partial charge in [-0.2, -0.15) is 0 Å². The van der Waals surface area contributed by atoms with Crippen LogP contribution in [0.25, 0.3) is 11.1 Å². The lowest BCUT2D eigenvalue weighted by Crippen LogP contribution is -2.03. The smallest absolute Gasteiger partial charge is 0.221 e. The Hall–Kier alpha value is -3.01. The van der Waals surface area contributed by atoms with Crippen molar-refractivity contribution in [3.05, 3.63) is 78.2 Å². The Morgan fingerprint density at radius 3 is 2.54 bits per heavy atom. The molecule has 4 nitrogen and oxygen atoms in total. The molecule has 4 heteroatoms. The Balaban J connectivity index is 1.52. The third kappa shape index (κ3) is 4.76. The molecule has 0 aliphatic heterocycles. The number of aromatic nitrogens is 2. The largest absolute Gasteiger partial charge is 0.481 e. The quantitative estimate of drug-likeness (QED) is 0.611. The molecule has 0 aliphatic carbocycles. The van der Waals surface area contributed by atoms with E-state index in [9.17, 15) is 4.79 Å². The third-order valence-electron chi connectivity index (χ3n) is 4.27. The summed E-state index contributed by atoms with van der Waals surface area (Å²) in [5.74, 6) is 0.885. The molecule has 26 heavy (non-hydrogen) atoms. The van der Waals surface area contributed by atoms with Gasteiger partial charge >= 0.3 is 0 Å². The van der Waals surface area contributed by atoms with Gasteiger partial charge in [0.05, 0.1) is 7.11 Å². The van der Waals surface area contributed by atoms with Crippen LogP contribution in [-0.4, -0.2) is 22.9 Å². The Morgan fingerprint density at radius 1 is 1.00 bits per heavy atom. The zero-order chi connectivity index (χ0) is 18.2. The van der Waals surface area contributed by atoms with Crippen molar-refractivity contribution in [3.8, 4) is 17.0 Å². The third-order valence-corrected chi connectivity index (χ3v) is 4.27. The number of ether oxygens (including phenoxy) is 1. The molecule has 0 saturated carbocycles. The van der Waals surface area contributed by atoms with E-state index in [1.54, 1.807) is 25.7 Å². The fraction of sp³-hybridized carbons (Fsp3) is 0.227. The molecule has 0 aliphatic rings. The van der Waals surface area contributed by atoms with Crippen LogP contribution in [0, 0.1) is 0 Å². The van der Waals surface area contributed by atoms with Crippen LogP contribution in [0.15, 0.2) is 67.1 Å². The van der Waals surface area contributed by atoms with E-state index in [1.807, 2.05) is 24.3 Å². The number of nitrogens with zero attached hydrogens (tertiary/aromatic N) is 2. The number of carbonyl (C=O) groups excluding carboxylic acids is 1. The molecule has 0 unspecified atom stereocenters. The van der Waals surface area contributed by atoms with E-state index < -0.39 is 0 Å². The molecular weight excluding hydrogens is 324 g/mol. The van der Waals surface area contributed by atoms with Crippen molar-refractivity contribution < 1.29 is 9.53 Å². The molecule has 0 fully saturated rings. The predicted octanol–water partition coefficient (Wildman–Crippen LogP) is 4.29. The molecule has 0 bridgehead atoms. The summed E-state index contributed by atoms with van der Waals surface area (Å²) in [7, 11) is 1.63. The summed E-state index contributed by atoms with van der Waals surface area (Å²) in [6, 6.07) is 16.1. The SMILES string of the molecule is COc1ncccc1-c1ccc(CCCC(=O)Cc2cccnc2)cc1. The molecule has 2 aromatic heterocycles. The van der Waals surface area contributed by atoms with Crippen LogP contribution in [0.3, 0.4) is 0 Å². The van der Waals surface area contributed by atoms with Gasteiger partial charge in [-0.25, -0.2) is 4.98 Å². The van der Waals surface area contributed by atoms with Crippen molar-refractivity contribution in [2.45, 2.75) is 25.7 Å². The monoisotopic (exact) mass is 346 g/mol. The highest BCUT2D eigenvalue weighted by molar-refractivity contribution is 5.80.